The summed E-state index contributed by atoms with van der Waals surface area (Å²) in [5.74, 6) is 0.684. The van der Waals surface area contributed by atoms with Crippen molar-refractivity contribution in [2.75, 3.05) is 6.54 Å². The molecule has 0 aromatic rings. The Morgan fingerprint density at radius 1 is 1.29 bits per heavy atom. The summed E-state index contributed by atoms with van der Waals surface area (Å²) in [6.45, 7) is 5.21. The number of hydrogen-bond donors (Lipinski definition) is 0. The molecule has 2 rings (SSSR count). The SMILES string of the molecule is CC=CCC1CC=CC2=C1CN(/C=C\C)C=C2. The second-order valence-electron chi connectivity index (χ2n) is 4.59. The number of hydrogen-bond acceptors (Lipinski definition) is 1. The molecule has 1 heteroatoms. The Balaban J connectivity index is 2.16. The zero-order valence-corrected chi connectivity index (χ0v) is 10.8. The van der Waals surface area contributed by atoms with Gasteiger partial charge in [0.2, 0.25) is 0 Å². The second-order valence-corrected chi connectivity index (χ2v) is 4.59. The van der Waals surface area contributed by atoms with Gasteiger partial charge in [0.15, 0.2) is 0 Å². The molecule has 0 radical (unpaired) electrons. The van der Waals surface area contributed by atoms with Gasteiger partial charge in [0, 0.05) is 12.7 Å². The van der Waals surface area contributed by atoms with Crippen LogP contribution in [-0.4, -0.2) is 11.4 Å². The zero-order valence-electron chi connectivity index (χ0n) is 10.8. The largest absolute Gasteiger partial charge is 0.351 e. The van der Waals surface area contributed by atoms with Crippen molar-refractivity contribution in [1.29, 1.82) is 0 Å². The first kappa shape index (κ1) is 12.0. The van der Waals surface area contributed by atoms with Crippen LogP contribution in [0.1, 0.15) is 26.7 Å². The van der Waals surface area contributed by atoms with Gasteiger partial charge >= 0.3 is 0 Å². The van der Waals surface area contributed by atoms with Crippen LogP contribution in [0.4, 0.5) is 0 Å². The van der Waals surface area contributed by atoms with Crippen LogP contribution < -0.4 is 0 Å². The molecule has 0 bridgehead atoms. The van der Waals surface area contributed by atoms with Gasteiger partial charge in [-0.25, -0.2) is 0 Å². The van der Waals surface area contributed by atoms with Crippen molar-refractivity contribution >= 4 is 0 Å². The predicted octanol–water partition coefficient (Wildman–Crippen LogP) is 4.19. The standard InChI is InChI=1S/C16H21N/c1-3-5-7-14-8-6-9-15-10-12-17(11-4-2)13-16(14)15/h3-6,9-12,14H,7-8,13H2,1-2H3/b5-3?,11-4-. The number of rotatable bonds is 3. The van der Waals surface area contributed by atoms with E-state index < -0.39 is 0 Å². The van der Waals surface area contributed by atoms with Gasteiger partial charge < -0.3 is 4.90 Å². The summed E-state index contributed by atoms with van der Waals surface area (Å²) in [6, 6.07) is 0. The molecule has 1 aliphatic carbocycles. The quantitative estimate of drug-likeness (QED) is 0.653. The molecular formula is C16H21N. The molecule has 2 aliphatic rings. The molecule has 1 aliphatic heterocycles. The molecule has 0 spiro atoms. The van der Waals surface area contributed by atoms with Crippen LogP contribution >= 0.6 is 0 Å². The molecule has 0 saturated carbocycles. The van der Waals surface area contributed by atoms with E-state index in [1.54, 1.807) is 5.57 Å². The van der Waals surface area contributed by atoms with Crippen molar-refractivity contribution in [1.82, 2.24) is 4.90 Å². The molecule has 1 nitrogen and oxygen atoms in total. The molecule has 0 fully saturated rings. The van der Waals surface area contributed by atoms with Crippen LogP contribution in [0.15, 0.2) is 60.0 Å². The van der Waals surface area contributed by atoms with E-state index >= 15 is 0 Å². The Hall–Kier alpha value is -1.50. The van der Waals surface area contributed by atoms with Crippen molar-refractivity contribution in [2.24, 2.45) is 5.92 Å². The highest BCUT2D eigenvalue weighted by molar-refractivity contribution is 5.43. The van der Waals surface area contributed by atoms with Gasteiger partial charge in [-0.05, 0) is 56.0 Å². The minimum Gasteiger partial charge on any atom is -0.351 e. The van der Waals surface area contributed by atoms with Crippen LogP contribution in [0.5, 0.6) is 0 Å². The molecular weight excluding hydrogens is 206 g/mol. The fraction of sp³-hybridized carbons (Fsp3) is 0.375. The maximum Gasteiger partial charge on any atom is 0.0441 e. The van der Waals surface area contributed by atoms with Crippen molar-refractivity contribution in [3.8, 4) is 0 Å². The molecule has 1 unspecified atom stereocenters. The van der Waals surface area contributed by atoms with Gasteiger partial charge in [-0.15, -0.1) is 0 Å². The first-order valence-electron chi connectivity index (χ1n) is 6.42. The van der Waals surface area contributed by atoms with E-state index in [1.165, 1.54) is 12.0 Å². The molecule has 0 aromatic carbocycles. The minimum atomic E-state index is 0.684. The fourth-order valence-electron chi connectivity index (χ4n) is 2.49. The third-order valence-electron chi connectivity index (χ3n) is 3.38. The average Bonchev–Trinajstić information content (AvgIpc) is 2.36. The molecule has 0 N–H and O–H groups in total. The molecule has 0 amide bonds. The third kappa shape index (κ3) is 2.79. The highest BCUT2D eigenvalue weighted by Crippen LogP contribution is 2.32. The normalized spacial score (nSPS) is 24.1. The van der Waals surface area contributed by atoms with E-state index in [9.17, 15) is 0 Å². The van der Waals surface area contributed by atoms with Crippen LogP contribution in [-0.2, 0) is 0 Å². The fourth-order valence-corrected chi connectivity index (χ4v) is 2.49. The molecule has 1 heterocycles. The van der Waals surface area contributed by atoms with E-state index in [-0.39, 0.29) is 0 Å². The Morgan fingerprint density at radius 3 is 2.94 bits per heavy atom. The summed E-state index contributed by atoms with van der Waals surface area (Å²) in [6.07, 6.45) is 20.0. The molecule has 0 saturated heterocycles. The van der Waals surface area contributed by atoms with Crippen LogP contribution in [0.2, 0.25) is 0 Å². The summed E-state index contributed by atoms with van der Waals surface area (Å²) < 4.78 is 0. The third-order valence-corrected chi connectivity index (χ3v) is 3.38. The Labute approximate surface area is 105 Å². The van der Waals surface area contributed by atoms with Crippen molar-refractivity contribution in [3.63, 3.8) is 0 Å². The highest BCUT2D eigenvalue weighted by Gasteiger charge is 2.21. The lowest BCUT2D eigenvalue weighted by Crippen LogP contribution is -2.23. The lowest BCUT2D eigenvalue weighted by atomic mass is 9.83. The first-order valence-corrected chi connectivity index (χ1v) is 6.42. The van der Waals surface area contributed by atoms with Gasteiger partial charge in [0.05, 0.1) is 0 Å². The second kappa shape index (κ2) is 5.72. The molecule has 90 valence electrons. The Bertz CT molecular complexity index is 407. The van der Waals surface area contributed by atoms with Gasteiger partial charge in [0.25, 0.3) is 0 Å². The van der Waals surface area contributed by atoms with Crippen molar-refractivity contribution in [2.45, 2.75) is 26.7 Å². The summed E-state index contributed by atoms with van der Waals surface area (Å²) >= 11 is 0. The minimum absolute atomic E-state index is 0.684. The summed E-state index contributed by atoms with van der Waals surface area (Å²) in [5, 5.41) is 0. The van der Waals surface area contributed by atoms with Crippen LogP contribution in [0.25, 0.3) is 0 Å². The molecule has 1 atom stereocenters. The maximum atomic E-state index is 2.31. The summed E-state index contributed by atoms with van der Waals surface area (Å²) in [7, 11) is 0. The number of allylic oxidation sites excluding steroid dienone is 7. The van der Waals surface area contributed by atoms with Crippen molar-refractivity contribution < 1.29 is 0 Å². The van der Waals surface area contributed by atoms with E-state index in [4.69, 9.17) is 0 Å². The predicted molar refractivity (Wildman–Crippen MR) is 74.4 cm³/mol. The van der Waals surface area contributed by atoms with Gasteiger partial charge in [0.1, 0.15) is 0 Å². The maximum absolute atomic E-state index is 2.31. The van der Waals surface area contributed by atoms with E-state index in [0.717, 1.165) is 13.0 Å². The van der Waals surface area contributed by atoms with Gasteiger partial charge in [-0.3, -0.25) is 0 Å². The van der Waals surface area contributed by atoms with Crippen LogP contribution in [0, 0.1) is 5.92 Å². The van der Waals surface area contributed by atoms with E-state index in [0.29, 0.717) is 5.92 Å². The topological polar surface area (TPSA) is 3.24 Å². The molecule has 17 heavy (non-hydrogen) atoms. The van der Waals surface area contributed by atoms with Crippen LogP contribution in [0.3, 0.4) is 0 Å². The van der Waals surface area contributed by atoms with E-state index in [1.807, 2.05) is 0 Å². The summed E-state index contributed by atoms with van der Waals surface area (Å²) in [5.41, 5.74) is 3.01. The van der Waals surface area contributed by atoms with E-state index in [2.05, 4.69) is 67.6 Å². The Morgan fingerprint density at radius 2 is 2.18 bits per heavy atom. The lowest BCUT2D eigenvalue weighted by Gasteiger charge is -2.30. The molecule has 0 aromatic heterocycles. The highest BCUT2D eigenvalue weighted by atomic mass is 15.1. The lowest BCUT2D eigenvalue weighted by molar-refractivity contribution is 0.481. The smallest absolute Gasteiger partial charge is 0.0441 e. The van der Waals surface area contributed by atoms with Gasteiger partial charge in [-0.2, -0.15) is 0 Å². The number of nitrogens with zero attached hydrogens (tertiary/aromatic N) is 1. The zero-order chi connectivity index (χ0) is 12.1. The first-order chi connectivity index (χ1) is 8.35. The monoisotopic (exact) mass is 227 g/mol. The van der Waals surface area contributed by atoms with Gasteiger partial charge in [-0.1, -0.05) is 30.4 Å². The Kier molecular flexibility index (Phi) is 4.03. The van der Waals surface area contributed by atoms with Crippen molar-refractivity contribution in [3.05, 3.63) is 60.0 Å². The average molecular weight is 227 g/mol. The summed E-state index contributed by atoms with van der Waals surface area (Å²) in [4.78, 5) is 2.26.